The van der Waals surface area contributed by atoms with Gasteiger partial charge in [0.05, 0.1) is 38.1 Å². The molecular formula is C22H30N2O5. The second kappa shape index (κ2) is 9.60. The quantitative estimate of drug-likeness (QED) is 0.511. The monoisotopic (exact) mass is 402 g/mol. The van der Waals surface area contributed by atoms with Crippen molar-refractivity contribution in [1.29, 1.82) is 0 Å². The molecule has 158 valence electrons. The van der Waals surface area contributed by atoms with E-state index in [2.05, 4.69) is 4.98 Å². The summed E-state index contributed by atoms with van der Waals surface area (Å²) in [6.07, 6.45) is 0. The molecule has 29 heavy (non-hydrogen) atoms. The topological polar surface area (TPSA) is 80.9 Å². The third-order valence-electron chi connectivity index (χ3n) is 5.08. The number of esters is 1. The highest BCUT2D eigenvalue weighted by atomic mass is 16.5. The molecule has 1 aromatic carbocycles. The van der Waals surface area contributed by atoms with Gasteiger partial charge < -0.3 is 19.2 Å². The maximum absolute atomic E-state index is 13.1. The average molecular weight is 402 g/mol. The second-order valence-electron chi connectivity index (χ2n) is 6.99. The van der Waals surface area contributed by atoms with Crippen LogP contribution < -0.4 is 9.47 Å². The summed E-state index contributed by atoms with van der Waals surface area (Å²) in [6.45, 7) is 7.99. The molecule has 1 heterocycles. The van der Waals surface area contributed by atoms with Crippen LogP contribution in [0.3, 0.4) is 0 Å². The molecule has 7 heteroatoms. The van der Waals surface area contributed by atoms with Crippen molar-refractivity contribution in [2.75, 3.05) is 27.9 Å². The maximum atomic E-state index is 13.1. The summed E-state index contributed by atoms with van der Waals surface area (Å²) in [5.41, 5.74) is 3.13. The van der Waals surface area contributed by atoms with Crippen LogP contribution in [0, 0.1) is 13.8 Å². The zero-order valence-corrected chi connectivity index (χ0v) is 18.2. The van der Waals surface area contributed by atoms with E-state index >= 15 is 0 Å². The van der Waals surface area contributed by atoms with Gasteiger partial charge in [-0.3, -0.25) is 9.69 Å². The number of H-pyrrole nitrogens is 1. The summed E-state index contributed by atoms with van der Waals surface area (Å²) in [5, 5.41) is 0. The second-order valence-corrected chi connectivity index (χ2v) is 6.99. The number of nitrogens with one attached hydrogen (secondary N) is 1. The number of ketones is 1. The van der Waals surface area contributed by atoms with Crippen molar-refractivity contribution in [2.24, 2.45) is 0 Å². The maximum Gasteiger partial charge on any atom is 0.340 e. The van der Waals surface area contributed by atoms with Crippen LogP contribution in [-0.2, 0) is 11.3 Å². The highest BCUT2D eigenvalue weighted by Crippen LogP contribution is 2.28. The van der Waals surface area contributed by atoms with Crippen LogP contribution in [0.15, 0.2) is 18.2 Å². The summed E-state index contributed by atoms with van der Waals surface area (Å²) in [6, 6.07) is 5.29. The molecule has 0 bridgehead atoms. The molecule has 2 rings (SSSR count). The molecule has 0 saturated carbocycles. The molecule has 0 unspecified atom stereocenters. The molecule has 1 N–H and O–H groups in total. The molecule has 0 fully saturated rings. The Labute approximate surface area is 172 Å². The van der Waals surface area contributed by atoms with E-state index < -0.39 is 12.0 Å². The summed E-state index contributed by atoms with van der Waals surface area (Å²) in [7, 11) is 5.07. The minimum absolute atomic E-state index is 0.0795. The minimum Gasteiger partial charge on any atom is -0.493 e. The van der Waals surface area contributed by atoms with E-state index in [-0.39, 0.29) is 12.4 Å². The largest absolute Gasteiger partial charge is 0.493 e. The predicted molar refractivity (Wildman–Crippen MR) is 111 cm³/mol. The molecule has 2 aromatic rings. The number of Topliss-reactive ketones (excluding diaryl/α,β-unsaturated/α-hetero) is 1. The van der Waals surface area contributed by atoms with Gasteiger partial charge in [-0.05, 0) is 58.0 Å². The number of hydrogen-bond acceptors (Lipinski definition) is 6. The van der Waals surface area contributed by atoms with Crippen molar-refractivity contribution in [1.82, 2.24) is 9.88 Å². The Morgan fingerprint density at radius 3 is 2.38 bits per heavy atom. The highest BCUT2D eigenvalue weighted by molar-refractivity contribution is 6.03. The lowest BCUT2D eigenvalue weighted by Gasteiger charge is -2.24. The van der Waals surface area contributed by atoms with Crippen LogP contribution in [0.4, 0.5) is 0 Å². The third-order valence-corrected chi connectivity index (χ3v) is 5.08. The van der Waals surface area contributed by atoms with Crippen molar-refractivity contribution >= 4 is 11.8 Å². The number of rotatable bonds is 9. The first-order chi connectivity index (χ1) is 13.7. The number of hydrogen-bond donors (Lipinski definition) is 1. The first-order valence-electron chi connectivity index (χ1n) is 9.56. The fraction of sp³-hybridized carbons (Fsp3) is 0.455. The molecule has 0 aliphatic carbocycles. The molecule has 1 aromatic heterocycles. The predicted octanol–water partition coefficient (Wildman–Crippen LogP) is 3.53. The molecule has 7 nitrogen and oxygen atoms in total. The number of carbonyl (C=O) groups excluding carboxylic acids is 2. The van der Waals surface area contributed by atoms with Gasteiger partial charge in [0, 0.05) is 12.2 Å². The van der Waals surface area contributed by atoms with Crippen LogP contribution in [0.1, 0.15) is 51.5 Å². The van der Waals surface area contributed by atoms with E-state index in [1.807, 2.05) is 37.1 Å². The van der Waals surface area contributed by atoms with Gasteiger partial charge in [-0.15, -0.1) is 0 Å². The molecule has 0 amide bonds. The van der Waals surface area contributed by atoms with Gasteiger partial charge in [0.2, 0.25) is 0 Å². The third kappa shape index (κ3) is 4.79. The average Bonchev–Trinajstić information content (AvgIpc) is 3.00. The number of aromatic nitrogens is 1. The van der Waals surface area contributed by atoms with Crippen LogP contribution in [0.5, 0.6) is 11.5 Å². The molecule has 0 radical (unpaired) electrons. The van der Waals surface area contributed by atoms with Gasteiger partial charge in [0.1, 0.15) is 0 Å². The van der Waals surface area contributed by atoms with Gasteiger partial charge in [-0.1, -0.05) is 6.07 Å². The summed E-state index contributed by atoms with van der Waals surface area (Å²) < 4.78 is 15.7. The van der Waals surface area contributed by atoms with Gasteiger partial charge >= 0.3 is 5.97 Å². The zero-order chi connectivity index (χ0) is 21.7. The molecular weight excluding hydrogens is 372 g/mol. The molecule has 0 spiro atoms. The molecule has 0 aliphatic heterocycles. The van der Waals surface area contributed by atoms with Crippen LogP contribution in [0.25, 0.3) is 0 Å². The van der Waals surface area contributed by atoms with E-state index in [0.29, 0.717) is 40.6 Å². The Bertz CT molecular complexity index is 888. The minimum atomic E-state index is -0.413. The normalized spacial score (nSPS) is 12.0. The van der Waals surface area contributed by atoms with Crippen molar-refractivity contribution in [2.45, 2.75) is 40.3 Å². The molecule has 0 saturated heterocycles. The smallest absolute Gasteiger partial charge is 0.340 e. The summed E-state index contributed by atoms with van der Waals surface area (Å²) in [4.78, 5) is 30.3. The Balaban J connectivity index is 2.20. The summed E-state index contributed by atoms with van der Waals surface area (Å²) in [5.74, 6) is 0.813. The zero-order valence-electron chi connectivity index (χ0n) is 18.2. The lowest BCUT2D eigenvalue weighted by atomic mass is 10.0. The van der Waals surface area contributed by atoms with E-state index in [0.717, 1.165) is 5.56 Å². The van der Waals surface area contributed by atoms with Gasteiger partial charge in [-0.25, -0.2) is 4.79 Å². The summed E-state index contributed by atoms with van der Waals surface area (Å²) >= 11 is 0. The van der Waals surface area contributed by atoms with E-state index in [1.54, 1.807) is 35.0 Å². The number of carbonyl (C=O) groups is 2. The van der Waals surface area contributed by atoms with Gasteiger partial charge in [0.15, 0.2) is 17.3 Å². The van der Waals surface area contributed by atoms with Gasteiger partial charge in [0.25, 0.3) is 0 Å². The Kier molecular flexibility index (Phi) is 7.45. The Morgan fingerprint density at radius 1 is 1.14 bits per heavy atom. The number of aromatic amines is 1. The Hall–Kier alpha value is -2.80. The first-order valence-corrected chi connectivity index (χ1v) is 9.56. The highest BCUT2D eigenvalue weighted by Gasteiger charge is 2.27. The fourth-order valence-corrected chi connectivity index (χ4v) is 3.32. The first kappa shape index (κ1) is 22.5. The van der Waals surface area contributed by atoms with Crippen molar-refractivity contribution in [3.8, 4) is 11.5 Å². The molecule has 1 atom stereocenters. The van der Waals surface area contributed by atoms with E-state index in [1.165, 1.54) is 0 Å². The molecule has 0 aliphatic rings. The van der Waals surface area contributed by atoms with Crippen LogP contribution in [0.2, 0.25) is 0 Å². The lowest BCUT2D eigenvalue weighted by molar-refractivity contribution is 0.0525. The van der Waals surface area contributed by atoms with Crippen molar-refractivity contribution < 1.29 is 23.8 Å². The standard InChI is InChI=1S/C22H30N2O5/c1-8-29-22(26)19-13(2)20(23-14(19)3)21(25)15(4)24(5)12-16-9-10-17(27-6)18(11-16)28-7/h9-11,15,23H,8,12H2,1-7H3/t15-/m1/s1. The fourth-order valence-electron chi connectivity index (χ4n) is 3.32. The van der Waals surface area contributed by atoms with Gasteiger partial charge in [-0.2, -0.15) is 0 Å². The number of nitrogens with zero attached hydrogens (tertiary/aromatic N) is 1. The number of aryl methyl sites for hydroxylation is 1. The number of likely N-dealkylation sites (N-methyl/N-ethyl adjacent to an activating group) is 1. The van der Waals surface area contributed by atoms with Crippen molar-refractivity contribution in [3.05, 3.63) is 46.3 Å². The number of ether oxygens (including phenoxy) is 3. The van der Waals surface area contributed by atoms with Crippen molar-refractivity contribution in [3.63, 3.8) is 0 Å². The number of benzene rings is 1. The van der Waals surface area contributed by atoms with E-state index in [9.17, 15) is 9.59 Å². The lowest BCUT2D eigenvalue weighted by Crippen LogP contribution is -2.36. The number of methoxy groups -OCH3 is 2. The SMILES string of the molecule is CCOC(=O)c1c(C)[nH]c(C(=O)[C@@H](C)N(C)Cc2ccc(OC)c(OC)c2)c1C. The van der Waals surface area contributed by atoms with Crippen LogP contribution in [-0.4, -0.2) is 55.6 Å². The Morgan fingerprint density at radius 2 is 1.79 bits per heavy atom. The van der Waals surface area contributed by atoms with E-state index in [4.69, 9.17) is 14.2 Å². The van der Waals surface area contributed by atoms with Crippen LogP contribution >= 0.6 is 0 Å².